The summed E-state index contributed by atoms with van der Waals surface area (Å²) < 4.78 is 1.08. The van der Waals surface area contributed by atoms with Crippen LogP contribution in [0.4, 0.5) is 5.69 Å². The van der Waals surface area contributed by atoms with E-state index in [1.54, 1.807) is 0 Å². The van der Waals surface area contributed by atoms with Crippen molar-refractivity contribution >= 4 is 27.5 Å². The van der Waals surface area contributed by atoms with E-state index in [2.05, 4.69) is 69.5 Å². The standard InChI is InChI=1S/C20H21BrN2O/c1-13-10-15-18(23-9-5-8-19(23)24)12-17(14-6-3-2-4-7-14)22-20(15)16(21)11-13/h2-4,6-7,10-11,17-18,22H,5,8-9,12H2,1H3. The first-order chi connectivity index (χ1) is 11.6. The van der Waals surface area contributed by atoms with Crippen molar-refractivity contribution in [3.8, 4) is 0 Å². The molecule has 2 heterocycles. The molecule has 4 heteroatoms. The number of benzene rings is 2. The molecule has 3 nitrogen and oxygen atoms in total. The largest absolute Gasteiger partial charge is 0.377 e. The molecular weight excluding hydrogens is 364 g/mol. The number of carbonyl (C=O) groups excluding carboxylic acids is 1. The lowest BCUT2D eigenvalue weighted by Gasteiger charge is -2.39. The molecular formula is C20H21BrN2O. The fourth-order valence-corrected chi connectivity index (χ4v) is 4.67. The number of halogens is 1. The van der Waals surface area contributed by atoms with Crippen molar-refractivity contribution in [1.29, 1.82) is 0 Å². The molecule has 24 heavy (non-hydrogen) atoms. The predicted molar refractivity (Wildman–Crippen MR) is 100.0 cm³/mol. The molecule has 2 aliphatic heterocycles. The van der Waals surface area contributed by atoms with Crippen LogP contribution in [0.5, 0.6) is 0 Å². The fourth-order valence-electron chi connectivity index (χ4n) is 3.97. The second-order valence-corrected chi connectivity index (χ2v) is 7.62. The monoisotopic (exact) mass is 384 g/mol. The maximum Gasteiger partial charge on any atom is 0.223 e. The number of rotatable bonds is 2. The predicted octanol–water partition coefficient (Wildman–Crippen LogP) is 4.98. The first kappa shape index (κ1) is 15.7. The first-order valence-electron chi connectivity index (χ1n) is 8.54. The van der Waals surface area contributed by atoms with E-state index >= 15 is 0 Å². The molecule has 124 valence electrons. The zero-order chi connectivity index (χ0) is 16.7. The average molecular weight is 385 g/mol. The lowest BCUT2D eigenvalue weighted by atomic mass is 9.87. The third-order valence-corrected chi connectivity index (χ3v) is 5.72. The van der Waals surface area contributed by atoms with E-state index in [0.29, 0.717) is 6.42 Å². The molecule has 1 saturated heterocycles. The molecule has 1 amide bonds. The average Bonchev–Trinajstić information content (AvgIpc) is 3.01. The Bertz CT molecular complexity index is 775. The van der Waals surface area contributed by atoms with Crippen LogP contribution in [0.15, 0.2) is 46.9 Å². The number of hydrogen-bond acceptors (Lipinski definition) is 2. The third-order valence-electron chi connectivity index (χ3n) is 5.09. The van der Waals surface area contributed by atoms with Crippen LogP contribution in [0.3, 0.4) is 0 Å². The molecule has 2 unspecified atom stereocenters. The molecule has 0 radical (unpaired) electrons. The Morgan fingerprint density at radius 1 is 1.21 bits per heavy atom. The maximum absolute atomic E-state index is 12.4. The summed E-state index contributed by atoms with van der Waals surface area (Å²) >= 11 is 3.72. The second-order valence-electron chi connectivity index (χ2n) is 6.76. The first-order valence-corrected chi connectivity index (χ1v) is 9.34. The Morgan fingerprint density at radius 2 is 2.00 bits per heavy atom. The van der Waals surface area contributed by atoms with Crippen molar-refractivity contribution in [2.75, 3.05) is 11.9 Å². The molecule has 2 aliphatic rings. The van der Waals surface area contributed by atoms with Gasteiger partial charge in [0.15, 0.2) is 0 Å². The number of amides is 1. The summed E-state index contributed by atoms with van der Waals surface area (Å²) in [6, 6.07) is 15.3. The highest BCUT2D eigenvalue weighted by Gasteiger charge is 2.36. The molecule has 1 fully saturated rings. The molecule has 0 spiro atoms. The van der Waals surface area contributed by atoms with Crippen molar-refractivity contribution in [2.24, 2.45) is 0 Å². The van der Waals surface area contributed by atoms with E-state index in [1.807, 2.05) is 6.07 Å². The Morgan fingerprint density at radius 3 is 2.71 bits per heavy atom. The summed E-state index contributed by atoms with van der Waals surface area (Å²) in [7, 11) is 0. The van der Waals surface area contributed by atoms with Crippen LogP contribution < -0.4 is 5.32 Å². The summed E-state index contributed by atoms with van der Waals surface area (Å²) in [4.78, 5) is 14.5. The fraction of sp³-hybridized carbons (Fsp3) is 0.350. The maximum atomic E-state index is 12.4. The number of carbonyl (C=O) groups is 1. The Hall–Kier alpha value is -1.81. The van der Waals surface area contributed by atoms with Gasteiger partial charge >= 0.3 is 0 Å². The van der Waals surface area contributed by atoms with Gasteiger partial charge in [0, 0.05) is 17.4 Å². The van der Waals surface area contributed by atoms with Gasteiger partial charge in [-0.25, -0.2) is 0 Å². The molecule has 4 rings (SSSR count). The molecule has 0 bridgehead atoms. The topological polar surface area (TPSA) is 32.3 Å². The Balaban J connectivity index is 1.79. The molecule has 0 aromatic heterocycles. The minimum atomic E-state index is 0.151. The van der Waals surface area contributed by atoms with Gasteiger partial charge in [0.05, 0.1) is 17.8 Å². The normalized spacial score (nSPS) is 23.1. The highest BCUT2D eigenvalue weighted by Crippen LogP contribution is 2.46. The van der Waals surface area contributed by atoms with E-state index in [1.165, 1.54) is 16.7 Å². The number of fused-ring (bicyclic) bond motifs is 1. The van der Waals surface area contributed by atoms with Gasteiger partial charge in [0.2, 0.25) is 5.91 Å². The van der Waals surface area contributed by atoms with Crippen molar-refractivity contribution in [2.45, 2.75) is 38.3 Å². The van der Waals surface area contributed by atoms with Crippen molar-refractivity contribution < 1.29 is 4.79 Å². The van der Waals surface area contributed by atoms with Gasteiger partial charge in [-0.3, -0.25) is 4.79 Å². The smallest absolute Gasteiger partial charge is 0.223 e. The van der Waals surface area contributed by atoms with E-state index in [9.17, 15) is 4.79 Å². The Kier molecular flexibility index (Phi) is 4.09. The lowest BCUT2D eigenvalue weighted by molar-refractivity contribution is -0.130. The van der Waals surface area contributed by atoms with E-state index in [0.717, 1.165) is 29.5 Å². The third kappa shape index (κ3) is 2.73. The molecule has 2 atom stereocenters. The zero-order valence-corrected chi connectivity index (χ0v) is 15.3. The summed E-state index contributed by atoms with van der Waals surface area (Å²) in [6.07, 6.45) is 2.57. The summed E-state index contributed by atoms with van der Waals surface area (Å²) in [5, 5.41) is 3.69. The Labute approximate surface area is 151 Å². The summed E-state index contributed by atoms with van der Waals surface area (Å²) in [6.45, 7) is 2.98. The molecule has 2 aromatic rings. The molecule has 0 saturated carbocycles. The number of anilines is 1. The van der Waals surface area contributed by atoms with Crippen LogP contribution in [0.25, 0.3) is 0 Å². The number of nitrogens with zero attached hydrogens (tertiary/aromatic N) is 1. The minimum absolute atomic E-state index is 0.151. The number of nitrogens with one attached hydrogen (secondary N) is 1. The number of hydrogen-bond donors (Lipinski definition) is 1. The molecule has 2 aromatic carbocycles. The number of aryl methyl sites for hydroxylation is 1. The van der Waals surface area contributed by atoms with E-state index in [4.69, 9.17) is 0 Å². The van der Waals surface area contributed by atoms with Crippen LogP contribution in [-0.4, -0.2) is 17.4 Å². The van der Waals surface area contributed by atoms with Gasteiger partial charge < -0.3 is 10.2 Å². The van der Waals surface area contributed by atoms with E-state index < -0.39 is 0 Å². The summed E-state index contributed by atoms with van der Waals surface area (Å²) in [5.74, 6) is 0.289. The minimum Gasteiger partial charge on any atom is -0.377 e. The van der Waals surface area contributed by atoms with Crippen LogP contribution >= 0.6 is 15.9 Å². The highest BCUT2D eigenvalue weighted by molar-refractivity contribution is 9.10. The van der Waals surface area contributed by atoms with Gasteiger partial charge in [-0.15, -0.1) is 0 Å². The van der Waals surface area contributed by atoms with Crippen LogP contribution in [0.2, 0.25) is 0 Å². The van der Waals surface area contributed by atoms with Crippen molar-refractivity contribution in [3.63, 3.8) is 0 Å². The van der Waals surface area contributed by atoms with Gasteiger partial charge in [0.25, 0.3) is 0 Å². The van der Waals surface area contributed by atoms with Crippen LogP contribution in [-0.2, 0) is 4.79 Å². The lowest BCUT2D eigenvalue weighted by Crippen LogP contribution is -2.35. The second kappa shape index (κ2) is 6.25. The van der Waals surface area contributed by atoms with Crippen LogP contribution in [0, 0.1) is 6.92 Å². The van der Waals surface area contributed by atoms with Gasteiger partial charge in [-0.1, -0.05) is 36.4 Å². The summed E-state index contributed by atoms with van der Waals surface area (Å²) in [5.41, 5.74) is 4.86. The quantitative estimate of drug-likeness (QED) is 0.791. The van der Waals surface area contributed by atoms with Gasteiger partial charge in [-0.2, -0.15) is 0 Å². The van der Waals surface area contributed by atoms with E-state index in [-0.39, 0.29) is 18.0 Å². The number of likely N-dealkylation sites (tertiary alicyclic amines) is 1. The molecule has 0 aliphatic carbocycles. The van der Waals surface area contributed by atoms with Gasteiger partial charge in [0.1, 0.15) is 0 Å². The van der Waals surface area contributed by atoms with Crippen molar-refractivity contribution in [3.05, 3.63) is 63.6 Å². The zero-order valence-electron chi connectivity index (χ0n) is 13.8. The highest BCUT2D eigenvalue weighted by atomic mass is 79.9. The SMILES string of the molecule is Cc1cc(Br)c2c(c1)C(N1CCCC1=O)CC(c1ccccc1)N2. The molecule has 1 N–H and O–H groups in total. The van der Waals surface area contributed by atoms with Crippen LogP contribution in [0.1, 0.15) is 48.0 Å². The van der Waals surface area contributed by atoms with Gasteiger partial charge in [-0.05, 0) is 58.5 Å². The van der Waals surface area contributed by atoms with Crippen molar-refractivity contribution in [1.82, 2.24) is 4.90 Å².